The summed E-state index contributed by atoms with van der Waals surface area (Å²) in [7, 11) is -3.65. The molecule has 23 heavy (non-hydrogen) atoms. The number of rotatable bonds is 5. The number of hydrogen-bond donors (Lipinski definition) is 0. The maximum atomic E-state index is 12.3. The van der Waals surface area contributed by atoms with Crippen LogP contribution < -0.4 is 4.74 Å². The predicted molar refractivity (Wildman–Crippen MR) is 89.6 cm³/mol. The van der Waals surface area contributed by atoms with E-state index in [9.17, 15) is 13.2 Å². The second-order valence-corrected chi connectivity index (χ2v) is 8.23. The summed E-state index contributed by atoms with van der Waals surface area (Å²) in [6, 6.07) is 14.6. The van der Waals surface area contributed by atoms with Crippen LogP contribution in [0.1, 0.15) is 31.1 Å². The molecule has 122 valence electrons. The molecular formula is C18H20O4S. The topological polar surface area (TPSA) is 60.4 Å². The Kier molecular flexibility index (Phi) is 4.90. The Balaban J connectivity index is 2.20. The van der Waals surface area contributed by atoms with Gasteiger partial charge in [-0.3, -0.25) is 4.79 Å². The Morgan fingerprint density at radius 3 is 2.26 bits per heavy atom. The maximum absolute atomic E-state index is 12.3. The molecule has 0 amide bonds. The Morgan fingerprint density at radius 1 is 1.00 bits per heavy atom. The van der Waals surface area contributed by atoms with Gasteiger partial charge in [-0.2, -0.15) is 0 Å². The van der Waals surface area contributed by atoms with Crippen LogP contribution in [0.5, 0.6) is 5.75 Å². The van der Waals surface area contributed by atoms with E-state index in [1.54, 1.807) is 42.5 Å². The van der Waals surface area contributed by atoms with Gasteiger partial charge in [-0.1, -0.05) is 30.3 Å². The van der Waals surface area contributed by atoms with Crippen molar-refractivity contribution in [1.29, 1.82) is 0 Å². The fraction of sp³-hybridized carbons (Fsp3) is 0.278. The fourth-order valence-corrected chi connectivity index (χ4v) is 3.30. The molecular weight excluding hydrogens is 312 g/mol. The van der Waals surface area contributed by atoms with Crippen LogP contribution in [-0.2, 0) is 9.84 Å². The number of Topliss-reactive ketones (excluding diaryl/α,β-unsaturated/α-hetero) is 1. The van der Waals surface area contributed by atoms with Crippen LogP contribution in [-0.4, -0.2) is 25.6 Å². The summed E-state index contributed by atoms with van der Waals surface area (Å²) in [6.07, 6.45) is 0. The lowest BCUT2D eigenvalue weighted by Gasteiger charge is -2.21. The van der Waals surface area contributed by atoms with Crippen molar-refractivity contribution in [2.45, 2.75) is 31.3 Å². The summed E-state index contributed by atoms with van der Waals surface area (Å²) in [6.45, 7) is 5.71. The zero-order valence-electron chi connectivity index (χ0n) is 13.4. The molecule has 0 bridgehead atoms. The predicted octanol–water partition coefficient (Wildman–Crippen LogP) is 3.52. The monoisotopic (exact) mass is 332 g/mol. The zero-order chi connectivity index (χ0) is 17.1. The molecule has 0 atom stereocenters. The molecule has 0 aliphatic carbocycles. The quantitative estimate of drug-likeness (QED) is 0.786. The number of carbonyl (C=O) groups is 1. The van der Waals surface area contributed by atoms with E-state index < -0.39 is 27.0 Å². The first-order chi connectivity index (χ1) is 10.7. The molecule has 0 aliphatic heterocycles. The van der Waals surface area contributed by atoms with Crippen LogP contribution in [0.25, 0.3) is 0 Å². The van der Waals surface area contributed by atoms with Crippen molar-refractivity contribution >= 4 is 15.6 Å². The van der Waals surface area contributed by atoms with E-state index in [2.05, 4.69) is 0 Å². The first kappa shape index (κ1) is 17.2. The zero-order valence-corrected chi connectivity index (χ0v) is 14.3. The SMILES string of the molecule is CC(C)(C)Oc1cccc(C(=O)CS(=O)(=O)c2ccccc2)c1. The van der Waals surface area contributed by atoms with Gasteiger partial charge in [0.1, 0.15) is 17.1 Å². The molecule has 0 N–H and O–H groups in total. The number of sulfone groups is 1. The van der Waals surface area contributed by atoms with E-state index in [0.29, 0.717) is 11.3 Å². The third-order valence-electron chi connectivity index (χ3n) is 3.00. The van der Waals surface area contributed by atoms with Crippen molar-refractivity contribution in [3.05, 3.63) is 60.2 Å². The van der Waals surface area contributed by atoms with Crippen LogP contribution in [0.15, 0.2) is 59.5 Å². The fourth-order valence-electron chi connectivity index (χ4n) is 2.05. The first-order valence-electron chi connectivity index (χ1n) is 7.27. The second kappa shape index (κ2) is 6.54. The van der Waals surface area contributed by atoms with Gasteiger partial charge >= 0.3 is 0 Å². The number of ketones is 1. The molecule has 0 aromatic heterocycles. The van der Waals surface area contributed by atoms with Gasteiger partial charge in [0, 0.05) is 5.56 Å². The molecule has 2 aromatic carbocycles. The van der Waals surface area contributed by atoms with Crippen LogP contribution in [0.3, 0.4) is 0 Å². The minimum atomic E-state index is -3.65. The van der Waals surface area contributed by atoms with Crippen molar-refractivity contribution in [3.63, 3.8) is 0 Å². The third-order valence-corrected chi connectivity index (χ3v) is 4.64. The number of benzene rings is 2. The molecule has 0 heterocycles. The molecule has 5 heteroatoms. The maximum Gasteiger partial charge on any atom is 0.185 e. The molecule has 0 fully saturated rings. The highest BCUT2D eigenvalue weighted by Crippen LogP contribution is 2.20. The van der Waals surface area contributed by atoms with Gasteiger partial charge in [0.25, 0.3) is 0 Å². The lowest BCUT2D eigenvalue weighted by atomic mass is 10.1. The summed E-state index contributed by atoms with van der Waals surface area (Å²) < 4.78 is 30.3. The minimum Gasteiger partial charge on any atom is -0.488 e. The highest BCUT2D eigenvalue weighted by atomic mass is 32.2. The summed E-state index contributed by atoms with van der Waals surface area (Å²) in [5, 5.41) is 0. The normalized spacial score (nSPS) is 12.0. The average molecular weight is 332 g/mol. The van der Waals surface area contributed by atoms with Gasteiger partial charge in [0.2, 0.25) is 0 Å². The van der Waals surface area contributed by atoms with Crippen molar-refractivity contribution in [1.82, 2.24) is 0 Å². The van der Waals surface area contributed by atoms with E-state index in [-0.39, 0.29) is 4.90 Å². The Bertz CT molecular complexity index is 787. The first-order valence-corrected chi connectivity index (χ1v) is 8.93. The number of ether oxygens (including phenoxy) is 1. The smallest absolute Gasteiger partial charge is 0.185 e. The largest absolute Gasteiger partial charge is 0.488 e. The molecule has 0 saturated carbocycles. The molecule has 2 aromatic rings. The Morgan fingerprint density at radius 2 is 1.65 bits per heavy atom. The van der Waals surface area contributed by atoms with Gasteiger partial charge in [-0.25, -0.2) is 8.42 Å². The summed E-state index contributed by atoms with van der Waals surface area (Å²) in [5.41, 5.74) is -0.0658. The number of hydrogen-bond acceptors (Lipinski definition) is 4. The van der Waals surface area contributed by atoms with Crippen LogP contribution >= 0.6 is 0 Å². The lowest BCUT2D eigenvalue weighted by molar-refractivity contribution is 0.101. The third kappa shape index (κ3) is 4.93. The van der Waals surface area contributed by atoms with Gasteiger partial charge < -0.3 is 4.74 Å². The molecule has 2 rings (SSSR count). The standard InChI is InChI=1S/C18H20O4S/c1-18(2,3)22-15-9-7-8-14(12-15)17(19)13-23(20,21)16-10-5-4-6-11-16/h4-12H,13H2,1-3H3. The van der Waals surface area contributed by atoms with Gasteiger partial charge in [-0.05, 0) is 45.0 Å². The highest BCUT2D eigenvalue weighted by molar-refractivity contribution is 7.92. The molecule has 0 unspecified atom stereocenters. The number of carbonyl (C=O) groups excluding carboxylic acids is 1. The van der Waals surface area contributed by atoms with E-state index in [1.165, 1.54) is 12.1 Å². The summed E-state index contributed by atoms with van der Waals surface area (Å²) in [5.74, 6) is -0.468. The Labute approximate surface area is 137 Å². The van der Waals surface area contributed by atoms with E-state index in [0.717, 1.165) is 0 Å². The Hall–Kier alpha value is -2.14. The minimum absolute atomic E-state index is 0.149. The van der Waals surface area contributed by atoms with Gasteiger partial charge in [0.15, 0.2) is 15.6 Å². The van der Waals surface area contributed by atoms with Crippen LogP contribution in [0.2, 0.25) is 0 Å². The van der Waals surface area contributed by atoms with Crippen molar-refractivity contribution in [2.24, 2.45) is 0 Å². The van der Waals surface area contributed by atoms with E-state index in [4.69, 9.17) is 4.74 Å². The highest BCUT2D eigenvalue weighted by Gasteiger charge is 2.21. The van der Waals surface area contributed by atoms with Crippen molar-refractivity contribution in [3.8, 4) is 5.75 Å². The van der Waals surface area contributed by atoms with Crippen LogP contribution in [0, 0.1) is 0 Å². The molecule has 0 radical (unpaired) electrons. The van der Waals surface area contributed by atoms with E-state index in [1.807, 2.05) is 20.8 Å². The summed E-state index contributed by atoms with van der Waals surface area (Å²) in [4.78, 5) is 12.5. The van der Waals surface area contributed by atoms with Gasteiger partial charge in [0.05, 0.1) is 4.90 Å². The van der Waals surface area contributed by atoms with Crippen molar-refractivity contribution < 1.29 is 17.9 Å². The van der Waals surface area contributed by atoms with E-state index >= 15 is 0 Å². The van der Waals surface area contributed by atoms with Crippen molar-refractivity contribution in [2.75, 3.05) is 5.75 Å². The molecule has 0 aliphatic rings. The molecule has 4 nitrogen and oxygen atoms in total. The van der Waals surface area contributed by atoms with Gasteiger partial charge in [-0.15, -0.1) is 0 Å². The lowest BCUT2D eigenvalue weighted by Crippen LogP contribution is -2.23. The molecule has 0 saturated heterocycles. The second-order valence-electron chi connectivity index (χ2n) is 6.24. The van der Waals surface area contributed by atoms with Crippen LogP contribution in [0.4, 0.5) is 0 Å². The summed E-state index contributed by atoms with van der Waals surface area (Å²) >= 11 is 0. The average Bonchev–Trinajstić information content (AvgIpc) is 2.46. The molecule has 0 spiro atoms.